The summed E-state index contributed by atoms with van der Waals surface area (Å²) in [5.41, 5.74) is 5.73. The molecule has 0 aliphatic carbocycles. The van der Waals surface area contributed by atoms with Crippen molar-refractivity contribution in [2.45, 2.75) is 6.92 Å². The molecular weight excluding hydrogens is 350 g/mol. The Labute approximate surface area is 154 Å². The molecule has 136 valence electrons. The summed E-state index contributed by atoms with van der Waals surface area (Å²) in [4.78, 5) is 35.8. The normalized spacial score (nSPS) is 10.6. The van der Waals surface area contributed by atoms with Crippen molar-refractivity contribution in [1.82, 2.24) is 0 Å². The van der Waals surface area contributed by atoms with Crippen LogP contribution < -0.4 is 16.0 Å². The number of nitriles is 1. The summed E-state index contributed by atoms with van der Waals surface area (Å²) in [6.45, 7) is 1.27. The molecule has 27 heavy (non-hydrogen) atoms. The fraction of sp³-hybridized carbons (Fsp3) is 0.0556. The lowest BCUT2D eigenvalue weighted by atomic mass is 10.2. The number of nitro groups is 1. The van der Waals surface area contributed by atoms with E-state index in [9.17, 15) is 25.0 Å². The number of amides is 2. The highest BCUT2D eigenvalue weighted by Crippen LogP contribution is 2.24. The quantitative estimate of drug-likeness (QED) is 0.274. The smallest absolute Gasteiger partial charge is 0.292 e. The van der Waals surface area contributed by atoms with E-state index >= 15 is 0 Å². The second kappa shape index (κ2) is 8.26. The number of para-hydroxylation sites is 2. The van der Waals surface area contributed by atoms with E-state index < -0.39 is 22.3 Å². The third kappa shape index (κ3) is 4.67. The Morgan fingerprint density at radius 2 is 1.85 bits per heavy atom. The number of nitro benzene ring substituents is 1. The Morgan fingerprint density at radius 1 is 1.22 bits per heavy atom. The van der Waals surface area contributed by atoms with Crippen molar-refractivity contribution >= 4 is 34.6 Å². The van der Waals surface area contributed by atoms with Gasteiger partial charge in [0, 0.05) is 30.6 Å². The van der Waals surface area contributed by atoms with E-state index in [1.165, 1.54) is 31.2 Å². The second-order valence-electron chi connectivity index (χ2n) is 5.36. The number of hydrogen-bond acceptors (Lipinski definition) is 6. The van der Waals surface area contributed by atoms with Gasteiger partial charge >= 0.3 is 0 Å². The van der Waals surface area contributed by atoms with Gasteiger partial charge < -0.3 is 11.1 Å². The zero-order chi connectivity index (χ0) is 20.0. The summed E-state index contributed by atoms with van der Waals surface area (Å²) >= 11 is 0. The van der Waals surface area contributed by atoms with Crippen molar-refractivity contribution in [3.05, 3.63) is 70.4 Å². The molecule has 0 unspecified atom stereocenters. The van der Waals surface area contributed by atoms with Crippen molar-refractivity contribution in [3.8, 4) is 6.07 Å². The minimum Gasteiger partial charge on any atom is -0.399 e. The number of nitrogen functional groups attached to an aromatic ring is 1. The van der Waals surface area contributed by atoms with E-state index in [1.807, 2.05) is 0 Å². The predicted molar refractivity (Wildman–Crippen MR) is 99.4 cm³/mol. The molecule has 0 spiro atoms. The molecule has 0 saturated carbocycles. The van der Waals surface area contributed by atoms with E-state index in [-0.39, 0.29) is 11.4 Å². The largest absolute Gasteiger partial charge is 0.399 e. The van der Waals surface area contributed by atoms with Crippen molar-refractivity contribution in [2.75, 3.05) is 16.0 Å². The molecule has 0 aliphatic rings. The number of rotatable bonds is 5. The Balaban J connectivity index is 2.35. The van der Waals surface area contributed by atoms with Gasteiger partial charge in [-0.25, -0.2) is 0 Å². The van der Waals surface area contributed by atoms with Crippen molar-refractivity contribution in [1.29, 1.82) is 5.26 Å². The van der Waals surface area contributed by atoms with Gasteiger partial charge in [-0.1, -0.05) is 12.1 Å². The van der Waals surface area contributed by atoms with Crippen LogP contribution in [0.25, 0.3) is 0 Å². The van der Waals surface area contributed by atoms with E-state index in [0.717, 1.165) is 11.1 Å². The molecule has 0 heterocycles. The lowest BCUT2D eigenvalue weighted by molar-refractivity contribution is -0.383. The van der Waals surface area contributed by atoms with Crippen LogP contribution in [0.3, 0.4) is 0 Å². The third-order valence-corrected chi connectivity index (χ3v) is 3.48. The molecule has 0 radical (unpaired) electrons. The van der Waals surface area contributed by atoms with Gasteiger partial charge in [-0.2, -0.15) is 5.26 Å². The number of carbonyl (C=O) groups excluding carboxylic acids is 2. The molecule has 9 nitrogen and oxygen atoms in total. The Morgan fingerprint density at radius 3 is 2.41 bits per heavy atom. The van der Waals surface area contributed by atoms with Gasteiger partial charge in [-0.3, -0.25) is 24.6 Å². The first-order valence-corrected chi connectivity index (χ1v) is 7.65. The molecular formula is C18H15N5O4. The van der Waals surface area contributed by atoms with Crippen LogP contribution in [-0.2, 0) is 9.59 Å². The van der Waals surface area contributed by atoms with Gasteiger partial charge in [-0.05, 0) is 30.3 Å². The first kappa shape index (κ1) is 19.1. The highest BCUT2D eigenvalue weighted by atomic mass is 16.6. The molecule has 0 bridgehead atoms. The lowest BCUT2D eigenvalue weighted by Gasteiger charge is -2.17. The number of benzene rings is 2. The van der Waals surface area contributed by atoms with Gasteiger partial charge in [0.05, 0.1) is 4.92 Å². The Hall–Kier alpha value is -4.19. The summed E-state index contributed by atoms with van der Waals surface area (Å²) in [5, 5.41) is 22.7. The van der Waals surface area contributed by atoms with Crippen LogP contribution in [0, 0.1) is 21.4 Å². The first-order chi connectivity index (χ1) is 12.8. The zero-order valence-electron chi connectivity index (χ0n) is 14.2. The zero-order valence-corrected chi connectivity index (χ0v) is 14.2. The number of anilines is 3. The Kier molecular flexibility index (Phi) is 5.86. The van der Waals surface area contributed by atoms with E-state index in [1.54, 1.807) is 30.3 Å². The van der Waals surface area contributed by atoms with Crippen LogP contribution in [0.5, 0.6) is 0 Å². The maximum atomic E-state index is 12.4. The van der Waals surface area contributed by atoms with E-state index in [0.29, 0.717) is 11.4 Å². The molecule has 9 heteroatoms. The molecule has 3 N–H and O–H groups in total. The van der Waals surface area contributed by atoms with Gasteiger partial charge in [0.15, 0.2) is 0 Å². The van der Waals surface area contributed by atoms with Crippen LogP contribution in [0.15, 0.2) is 60.3 Å². The average molecular weight is 365 g/mol. The van der Waals surface area contributed by atoms with Crippen molar-refractivity contribution < 1.29 is 14.5 Å². The maximum Gasteiger partial charge on any atom is 0.292 e. The molecule has 0 atom stereocenters. The molecule has 2 amide bonds. The third-order valence-electron chi connectivity index (χ3n) is 3.48. The number of nitrogens with zero attached hydrogens (tertiary/aromatic N) is 3. The minimum absolute atomic E-state index is 0.0597. The molecule has 0 fully saturated rings. The summed E-state index contributed by atoms with van der Waals surface area (Å²) in [7, 11) is 0. The second-order valence-corrected chi connectivity index (χ2v) is 5.36. The summed E-state index contributed by atoms with van der Waals surface area (Å²) in [5.74, 6) is -1.32. The number of nitrogens with two attached hydrogens (primary N) is 1. The van der Waals surface area contributed by atoms with Gasteiger partial charge in [-0.15, -0.1) is 0 Å². The number of hydrogen-bond donors (Lipinski definition) is 2. The van der Waals surface area contributed by atoms with Crippen molar-refractivity contribution in [3.63, 3.8) is 0 Å². The molecule has 2 aromatic carbocycles. The van der Waals surface area contributed by atoms with E-state index in [4.69, 9.17) is 5.73 Å². The fourth-order valence-corrected chi connectivity index (χ4v) is 2.18. The standard InChI is InChI=1S/C18H15N5O4/c1-12(24)22(15-8-6-14(20)7-9-15)11-13(10-19)18(25)21-16-4-2-3-5-17(16)23(26)27/h2-9,11H,20H2,1H3,(H,21,25)/b13-11-. The van der Waals surface area contributed by atoms with Crippen molar-refractivity contribution in [2.24, 2.45) is 0 Å². The highest BCUT2D eigenvalue weighted by molar-refractivity contribution is 6.09. The maximum absolute atomic E-state index is 12.4. The Bertz CT molecular complexity index is 960. The highest BCUT2D eigenvalue weighted by Gasteiger charge is 2.19. The molecule has 0 saturated heterocycles. The van der Waals surface area contributed by atoms with E-state index in [2.05, 4.69) is 5.32 Å². The average Bonchev–Trinajstić information content (AvgIpc) is 2.63. The van der Waals surface area contributed by atoms with Gasteiger partial charge in [0.25, 0.3) is 11.6 Å². The summed E-state index contributed by atoms with van der Waals surface area (Å²) in [6.07, 6.45) is 1.07. The number of carbonyl (C=O) groups is 2. The minimum atomic E-state index is -0.881. The summed E-state index contributed by atoms with van der Waals surface area (Å²) < 4.78 is 0. The number of nitrogens with one attached hydrogen (secondary N) is 1. The molecule has 0 aliphatic heterocycles. The topological polar surface area (TPSA) is 142 Å². The summed E-state index contributed by atoms with van der Waals surface area (Å²) in [6, 6.07) is 13.5. The van der Waals surface area contributed by atoms with Crippen LogP contribution in [0.1, 0.15) is 6.92 Å². The molecule has 2 rings (SSSR count). The van der Waals surface area contributed by atoms with Gasteiger partial charge in [0.1, 0.15) is 17.3 Å². The lowest BCUT2D eigenvalue weighted by Crippen LogP contribution is -2.25. The van der Waals surface area contributed by atoms with Crippen LogP contribution >= 0.6 is 0 Å². The first-order valence-electron chi connectivity index (χ1n) is 7.65. The van der Waals surface area contributed by atoms with Crippen LogP contribution in [-0.4, -0.2) is 16.7 Å². The van der Waals surface area contributed by atoms with Crippen LogP contribution in [0.4, 0.5) is 22.7 Å². The SMILES string of the molecule is CC(=O)N(/C=C(/C#N)C(=O)Nc1ccccc1[N+](=O)[O-])c1ccc(N)cc1. The predicted octanol–water partition coefficient (Wildman–Crippen LogP) is 2.58. The fourth-order valence-electron chi connectivity index (χ4n) is 2.18. The monoisotopic (exact) mass is 365 g/mol. The molecule has 0 aromatic heterocycles. The van der Waals surface area contributed by atoms with Crippen LogP contribution in [0.2, 0.25) is 0 Å². The molecule has 2 aromatic rings. The van der Waals surface area contributed by atoms with Gasteiger partial charge in [0.2, 0.25) is 5.91 Å².